The van der Waals surface area contributed by atoms with Gasteiger partial charge in [0.25, 0.3) is 0 Å². The van der Waals surface area contributed by atoms with E-state index in [2.05, 4.69) is 38.3 Å². The van der Waals surface area contributed by atoms with Gasteiger partial charge in [0.1, 0.15) is 0 Å². The van der Waals surface area contributed by atoms with Crippen LogP contribution >= 0.6 is 0 Å². The summed E-state index contributed by atoms with van der Waals surface area (Å²) in [5.74, 6) is 1.57. The van der Waals surface area contributed by atoms with Crippen LogP contribution in [0.3, 0.4) is 0 Å². The molecular weight excluding hydrogens is 208 g/mol. The normalized spacial score (nSPS) is 27.4. The maximum atomic E-state index is 3.72. The average molecular weight is 240 g/mol. The van der Waals surface area contributed by atoms with E-state index in [0.29, 0.717) is 5.41 Å². The molecule has 1 fully saturated rings. The van der Waals surface area contributed by atoms with Crippen LogP contribution in [0.1, 0.15) is 53.4 Å². The highest BCUT2D eigenvalue weighted by Crippen LogP contribution is 2.30. The van der Waals surface area contributed by atoms with Crippen molar-refractivity contribution in [3.05, 3.63) is 0 Å². The van der Waals surface area contributed by atoms with Gasteiger partial charge in [0, 0.05) is 13.1 Å². The molecule has 0 radical (unpaired) electrons. The minimum absolute atomic E-state index is 0.531. The summed E-state index contributed by atoms with van der Waals surface area (Å²) in [5, 5.41) is 7.30. The summed E-state index contributed by atoms with van der Waals surface area (Å²) >= 11 is 0. The second-order valence-corrected chi connectivity index (χ2v) is 6.38. The van der Waals surface area contributed by atoms with Crippen LogP contribution in [0.4, 0.5) is 0 Å². The Bertz CT molecular complexity index is 190. The molecule has 1 aliphatic heterocycles. The lowest BCUT2D eigenvalue weighted by Gasteiger charge is -2.38. The smallest absolute Gasteiger partial charge is 0.00201 e. The first-order valence-electron chi connectivity index (χ1n) is 7.51. The van der Waals surface area contributed by atoms with Crippen molar-refractivity contribution in [2.75, 3.05) is 26.2 Å². The predicted molar refractivity (Wildman–Crippen MR) is 76.3 cm³/mol. The largest absolute Gasteiger partial charge is 0.316 e. The van der Waals surface area contributed by atoms with Gasteiger partial charge in [-0.2, -0.15) is 0 Å². The van der Waals surface area contributed by atoms with E-state index >= 15 is 0 Å². The predicted octanol–water partition coefficient (Wildman–Crippen LogP) is 3.04. The standard InChI is InChI=1S/C15H32N2/c1-5-7-15(8-6-9-16-11-15)12-17-10-14(4)13(2)3/h13-14,16-17H,5-12H2,1-4H3. The summed E-state index contributed by atoms with van der Waals surface area (Å²) in [5.41, 5.74) is 0.531. The van der Waals surface area contributed by atoms with Gasteiger partial charge in [-0.25, -0.2) is 0 Å². The number of rotatable bonds is 7. The molecule has 2 nitrogen and oxygen atoms in total. The lowest BCUT2D eigenvalue weighted by molar-refractivity contribution is 0.178. The monoisotopic (exact) mass is 240 g/mol. The zero-order valence-electron chi connectivity index (χ0n) is 12.3. The van der Waals surface area contributed by atoms with E-state index in [1.807, 2.05) is 0 Å². The van der Waals surface area contributed by atoms with Crippen molar-refractivity contribution >= 4 is 0 Å². The molecule has 0 aliphatic carbocycles. The van der Waals surface area contributed by atoms with Crippen LogP contribution in [-0.4, -0.2) is 26.2 Å². The summed E-state index contributed by atoms with van der Waals surface area (Å²) in [6.45, 7) is 14.1. The van der Waals surface area contributed by atoms with Crippen LogP contribution in [0.5, 0.6) is 0 Å². The molecule has 1 aliphatic rings. The summed E-state index contributed by atoms with van der Waals surface area (Å²) in [6, 6.07) is 0. The minimum Gasteiger partial charge on any atom is -0.316 e. The number of nitrogens with one attached hydrogen (secondary N) is 2. The van der Waals surface area contributed by atoms with Crippen LogP contribution in [0.25, 0.3) is 0 Å². The van der Waals surface area contributed by atoms with Crippen molar-refractivity contribution in [1.29, 1.82) is 0 Å². The second kappa shape index (κ2) is 7.38. The molecule has 17 heavy (non-hydrogen) atoms. The Labute approximate surface area is 108 Å². The lowest BCUT2D eigenvalue weighted by Crippen LogP contribution is -2.47. The van der Waals surface area contributed by atoms with E-state index in [1.54, 1.807) is 0 Å². The third-order valence-electron chi connectivity index (χ3n) is 4.45. The summed E-state index contributed by atoms with van der Waals surface area (Å²) in [4.78, 5) is 0. The molecule has 0 aromatic heterocycles. The van der Waals surface area contributed by atoms with Crippen LogP contribution in [0.15, 0.2) is 0 Å². The molecule has 0 aromatic rings. The zero-order valence-corrected chi connectivity index (χ0v) is 12.3. The fourth-order valence-electron chi connectivity index (χ4n) is 2.81. The summed E-state index contributed by atoms with van der Waals surface area (Å²) in [7, 11) is 0. The van der Waals surface area contributed by atoms with E-state index < -0.39 is 0 Å². The van der Waals surface area contributed by atoms with Crippen molar-refractivity contribution in [2.24, 2.45) is 17.3 Å². The van der Waals surface area contributed by atoms with Gasteiger partial charge in [-0.05, 0) is 49.6 Å². The lowest BCUT2D eigenvalue weighted by atomic mass is 9.77. The Morgan fingerprint density at radius 2 is 2.06 bits per heavy atom. The first kappa shape index (κ1) is 15.0. The molecule has 2 heteroatoms. The van der Waals surface area contributed by atoms with Crippen molar-refractivity contribution in [2.45, 2.75) is 53.4 Å². The van der Waals surface area contributed by atoms with Gasteiger partial charge in [-0.15, -0.1) is 0 Å². The third kappa shape index (κ3) is 4.97. The molecule has 0 amide bonds. The molecule has 0 spiro atoms. The van der Waals surface area contributed by atoms with E-state index in [-0.39, 0.29) is 0 Å². The highest BCUT2D eigenvalue weighted by atomic mass is 14.9. The van der Waals surface area contributed by atoms with E-state index in [4.69, 9.17) is 0 Å². The van der Waals surface area contributed by atoms with Crippen molar-refractivity contribution in [3.63, 3.8) is 0 Å². The molecule has 2 atom stereocenters. The SMILES string of the molecule is CCCC1(CNCC(C)C(C)C)CCCNC1. The van der Waals surface area contributed by atoms with Crippen molar-refractivity contribution in [1.82, 2.24) is 10.6 Å². The fourth-order valence-corrected chi connectivity index (χ4v) is 2.81. The Hall–Kier alpha value is -0.0800. The number of piperidine rings is 1. The molecular formula is C15H32N2. The second-order valence-electron chi connectivity index (χ2n) is 6.38. The number of hydrogen-bond acceptors (Lipinski definition) is 2. The maximum absolute atomic E-state index is 3.72. The first-order valence-corrected chi connectivity index (χ1v) is 7.51. The molecule has 1 saturated heterocycles. The molecule has 2 unspecified atom stereocenters. The van der Waals surface area contributed by atoms with Crippen molar-refractivity contribution in [3.8, 4) is 0 Å². The molecule has 0 aromatic carbocycles. The van der Waals surface area contributed by atoms with E-state index in [0.717, 1.165) is 11.8 Å². The zero-order chi connectivity index (χ0) is 12.7. The summed E-state index contributed by atoms with van der Waals surface area (Å²) < 4.78 is 0. The Morgan fingerprint density at radius 3 is 2.59 bits per heavy atom. The van der Waals surface area contributed by atoms with Gasteiger partial charge >= 0.3 is 0 Å². The van der Waals surface area contributed by atoms with E-state index in [1.165, 1.54) is 51.9 Å². The van der Waals surface area contributed by atoms with Crippen molar-refractivity contribution < 1.29 is 0 Å². The molecule has 1 rings (SSSR count). The Morgan fingerprint density at radius 1 is 1.29 bits per heavy atom. The van der Waals surface area contributed by atoms with Crippen LogP contribution in [0.2, 0.25) is 0 Å². The fraction of sp³-hybridized carbons (Fsp3) is 1.00. The number of hydrogen-bond donors (Lipinski definition) is 2. The van der Waals surface area contributed by atoms with Gasteiger partial charge < -0.3 is 10.6 Å². The van der Waals surface area contributed by atoms with E-state index in [9.17, 15) is 0 Å². The highest BCUT2D eigenvalue weighted by molar-refractivity contribution is 4.87. The highest BCUT2D eigenvalue weighted by Gasteiger charge is 2.30. The van der Waals surface area contributed by atoms with Crippen LogP contribution in [0, 0.1) is 17.3 Å². The molecule has 0 bridgehead atoms. The molecule has 1 heterocycles. The minimum atomic E-state index is 0.531. The Balaban J connectivity index is 2.34. The van der Waals surface area contributed by atoms with Gasteiger partial charge in [0.15, 0.2) is 0 Å². The van der Waals surface area contributed by atoms with Crippen LogP contribution in [-0.2, 0) is 0 Å². The van der Waals surface area contributed by atoms with Gasteiger partial charge in [-0.3, -0.25) is 0 Å². The Kier molecular flexibility index (Phi) is 6.50. The summed E-state index contributed by atoms with van der Waals surface area (Å²) in [6.07, 6.45) is 5.42. The quantitative estimate of drug-likeness (QED) is 0.715. The van der Waals surface area contributed by atoms with Gasteiger partial charge in [0.05, 0.1) is 0 Å². The third-order valence-corrected chi connectivity index (χ3v) is 4.45. The topological polar surface area (TPSA) is 24.1 Å². The molecule has 102 valence electrons. The molecule has 0 saturated carbocycles. The van der Waals surface area contributed by atoms with Gasteiger partial charge in [-0.1, -0.05) is 34.1 Å². The van der Waals surface area contributed by atoms with Crippen LogP contribution < -0.4 is 10.6 Å². The molecule has 2 N–H and O–H groups in total. The van der Waals surface area contributed by atoms with Gasteiger partial charge in [0.2, 0.25) is 0 Å². The maximum Gasteiger partial charge on any atom is 0.00201 e. The average Bonchev–Trinajstić information content (AvgIpc) is 2.30. The first-order chi connectivity index (χ1) is 8.09.